The first-order valence-electron chi connectivity index (χ1n) is 10.9. The highest BCUT2D eigenvalue weighted by Gasteiger charge is 2.27. The number of ether oxygens (including phenoxy) is 2. The second-order valence-corrected chi connectivity index (χ2v) is 8.02. The number of likely N-dealkylation sites (tertiary alicyclic amines) is 1. The summed E-state index contributed by atoms with van der Waals surface area (Å²) in [5, 5.41) is 2.63. The van der Waals surface area contributed by atoms with Crippen molar-refractivity contribution in [3.05, 3.63) is 71.3 Å². The predicted molar refractivity (Wildman–Crippen MR) is 120 cm³/mol. The van der Waals surface area contributed by atoms with Gasteiger partial charge < -0.3 is 19.7 Å². The molecule has 1 aliphatic rings. The van der Waals surface area contributed by atoms with Gasteiger partial charge in [0.05, 0.1) is 13.5 Å². The van der Waals surface area contributed by atoms with Crippen LogP contribution in [0.4, 0.5) is 4.79 Å². The van der Waals surface area contributed by atoms with E-state index in [2.05, 4.69) is 5.32 Å². The summed E-state index contributed by atoms with van der Waals surface area (Å²) in [5.41, 5.74) is 3.02. The van der Waals surface area contributed by atoms with Gasteiger partial charge in [0.25, 0.3) is 0 Å². The Hall–Kier alpha value is -3.35. The molecule has 2 amide bonds. The number of amides is 2. The second kappa shape index (κ2) is 11.3. The number of carbonyl (C=O) groups excluding carboxylic acids is 3. The molecule has 170 valence electrons. The van der Waals surface area contributed by atoms with E-state index in [4.69, 9.17) is 9.47 Å². The summed E-state index contributed by atoms with van der Waals surface area (Å²) < 4.78 is 9.90. The normalized spacial score (nSPS) is 15.0. The van der Waals surface area contributed by atoms with Gasteiger partial charge in [-0.1, -0.05) is 54.6 Å². The number of nitrogens with zero attached hydrogens (tertiary/aromatic N) is 1. The van der Waals surface area contributed by atoms with Crippen molar-refractivity contribution in [3.8, 4) is 0 Å². The quantitative estimate of drug-likeness (QED) is 0.670. The van der Waals surface area contributed by atoms with Gasteiger partial charge >= 0.3 is 12.1 Å². The van der Waals surface area contributed by atoms with E-state index >= 15 is 0 Å². The van der Waals surface area contributed by atoms with Gasteiger partial charge in [-0.3, -0.25) is 9.59 Å². The third kappa shape index (κ3) is 6.57. The van der Waals surface area contributed by atoms with Gasteiger partial charge in [-0.2, -0.15) is 0 Å². The SMILES string of the molecule is COC(=O)Cc1ccc(C2CCN(C(=O)[C@H](C)NC(=O)OCc3ccccc3)CC2)cc1. The molecule has 0 unspecified atom stereocenters. The molecular formula is C25H30N2O5. The van der Waals surface area contributed by atoms with Crippen LogP contribution in [0.1, 0.15) is 42.4 Å². The van der Waals surface area contributed by atoms with Crippen molar-refractivity contribution in [1.82, 2.24) is 10.2 Å². The molecule has 1 aliphatic heterocycles. The van der Waals surface area contributed by atoms with Crippen molar-refractivity contribution in [2.24, 2.45) is 0 Å². The smallest absolute Gasteiger partial charge is 0.408 e. The lowest BCUT2D eigenvalue weighted by molar-refractivity contribution is -0.139. The molecule has 0 spiro atoms. The second-order valence-electron chi connectivity index (χ2n) is 8.02. The van der Waals surface area contributed by atoms with Gasteiger partial charge in [0.15, 0.2) is 0 Å². The van der Waals surface area contributed by atoms with Crippen molar-refractivity contribution < 1.29 is 23.9 Å². The Morgan fingerprint density at radius 2 is 1.66 bits per heavy atom. The Morgan fingerprint density at radius 1 is 1.00 bits per heavy atom. The molecule has 0 saturated carbocycles. The summed E-state index contributed by atoms with van der Waals surface area (Å²) >= 11 is 0. The number of piperidine rings is 1. The van der Waals surface area contributed by atoms with Gasteiger partial charge in [-0.15, -0.1) is 0 Å². The number of esters is 1. The van der Waals surface area contributed by atoms with Crippen molar-refractivity contribution >= 4 is 18.0 Å². The molecule has 0 bridgehead atoms. The molecule has 2 aromatic carbocycles. The monoisotopic (exact) mass is 438 g/mol. The molecule has 0 aliphatic carbocycles. The highest BCUT2D eigenvalue weighted by molar-refractivity contribution is 5.85. The van der Waals surface area contributed by atoms with Crippen molar-refractivity contribution in [2.45, 2.75) is 44.8 Å². The standard InChI is InChI=1S/C25H30N2O5/c1-18(26-25(30)32-17-20-6-4-3-5-7-20)24(29)27-14-12-22(13-15-27)21-10-8-19(9-11-21)16-23(28)31-2/h3-11,18,22H,12-17H2,1-2H3,(H,26,30)/t18-/m0/s1. The Bertz CT molecular complexity index is 906. The van der Waals surface area contributed by atoms with Crippen LogP contribution in [-0.4, -0.2) is 49.1 Å². The minimum atomic E-state index is -0.646. The number of alkyl carbamates (subject to hydrolysis) is 1. The number of carbonyl (C=O) groups is 3. The lowest BCUT2D eigenvalue weighted by Crippen LogP contribution is -2.49. The minimum Gasteiger partial charge on any atom is -0.469 e. The summed E-state index contributed by atoms with van der Waals surface area (Å²) in [6.45, 7) is 3.12. The number of hydrogen-bond donors (Lipinski definition) is 1. The Labute approximate surface area is 188 Å². The molecule has 1 saturated heterocycles. The summed E-state index contributed by atoms with van der Waals surface area (Å²) in [6, 6.07) is 16.8. The fourth-order valence-corrected chi connectivity index (χ4v) is 3.86. The molecule has 3 rings (SSSR count). The maximum Gasteiger partial charge on any atom is 0.408 e. The van der Waals surface area contributed by atoms with Crippen LogP contribution in [0, 0.1) is 0 Å². The first kappa shape index (κ1) is 23.3. The molecule has 1 atom stereocenters. The minimum absolute atomic E-state index is 0.103. The van der Waals surface area contributed by atoms with Crippen LogP contribution in [0.2, 0.25) is 0 Å². The predicted octanol–water partition coefficient (Wildman–Crippen LogP) is 3.42. The zero-order chi connectivity index (χ0) is 22.9. The zero-order valence-corrected chi connectivity index (χ0v) is 18.6. The Balaban J connectivity index is 1.43. The van der Waals surface area contributed by atoms with E-state index in [1.54, 1.807) is 11.8 Å². The van der Waals surface area contributed by atoms with E-state index in [1.165, 1.54) is 12.7 Å². The van der Waals surface area contributed by atoms with Gasteiger partial charge in [-0.25, -0.2) is 4.79 Å². The van der Waals surface area contributed by atoms with E-state index in [0.717, 1.165) is 24.0 Å². The molecule has 32 heavy (non-hydrogen) atoms. The van der Waals surface area contributed by atoms with E-state index in [0.29, 0.717) is 19.0 Å². The van der Waals surface area contributed by atoms with Crippen molar-refractivity contribution in [1.29, 1.82) is 0 Å². The number of rotatable bonds is 7. The molecule has 7 nitrogen and oxygen atoms in total. The lowest BCUT2D eigenvalue weighted by atomic mass is 9.88. The number of nitrogens with one attached hydrogen (secondary N) is 1. The first-order chi connectivity index (χ1) is 15.5. The summed E-state index contributed by atoms with van der Waals surface area (Å²) in [7, 11) is 1.38. The summed E-state index contributed by atoms with van der Waals surface area (Å²) in [4.78, 5) is 38.0. The fraction of sp³-hybridized carbons (Fsp3) is 0.400. The highest BCUT2D eigenvalue weighted by Crippen LogP contribution is 2.28. The molecule has 1 N–H and O–H groups in total. The number of benzene rings is 2. The van der Waals surface area contributed by atoms with Crippen LogP contribution in [0.25, 0.3) is 0 Å². The van der Waals surface area contributed by atoms with Gasteiger partial charge in [-0.05, 0) is 42.4 Å². The largest absolute Gasteiger partial charge is 0.469 e. The van der Waals surface area contributed by atoms with Crippen molar-refractivity contribution in [2.75, 3.05) is 20.2 Å². The Morgan fingerprint density at radius 3 is 2.28 bits per heavy atom. The summed E-state index contributed by atoms with van der Waals surface area (Å²) in [6.07, 6.45) is 1.37. The topological polar surface area (TPSA) is 84.9 Å². The van der Waals surface area contributed by atoms with Gasteiger partial charge in [0.1, 0.15) is 12.6 Å². The van der Waals surface area contributed by atoms with Crippen LogP contribution in [-0.2, 0) is 32.1 Å². The van der Waals surface area contributed by atoms with Crippen molar-refractivity contribution in [3.63, 3.8) is 0 Å². The van der Waals surface area contributed by atoms with Crippen LogP contribution < -0.4 is 5.32 Å². The average molecular weight is 439 g/mol. The average Bonchev–Trinajstić information content (AvgIpc) is 2.83. The van der Waals surface area contributed by atoms with Gasteiger partial charge in [0.2, 0.25) is 5.91 Å². The van der Waals surface area contributed by atoms with Crippen LogP contribution in [0.3, 0.4) is 0 Å². The van der Waals surface area contributed by atoms with E-state index in [1.807, 2.05) is 54.6 Å². The zero-order valence-electron chi connectivity index (χ0n) is 18.6. The van der Waals surface area contributed by atoms with Crippen LogP contribution in [0.15, 0.2) is 54.6 Å². The molecule has 1 fully saturated rings. The third-order valence-electron chi connectivity index (χ3n) is 5.75. The maximum absolute atomic E-state index is 12.7. The number of hydrogen-bond acceptors (Lipinski definition) is 5. The van der Waals surface area contributed by atoms with Crippen LogP contribution in [0.5, 0.6) is 0 Å². The molecule has 7 heteroatoms. The highest BCUT2D eigenvalue weighted by atomic mass is 16.5. The molecule has 2 aromatic rings. The van der Waals surface area contributed by atoms with E-state index in [9.17, 15) is 14.4 Å². The third-order valence-corrected chi connectivity index (χ3v) is 5.75. The number of methoxy groups -OCH3 is 1. The first-order valence-corrected chi connectivity index (χ1v) is 10.9. The van der Waals surface area contributed by atoms with E-state index < -0.39 is 12.1 Å². The Kier molecular flexibility index (Phi) is 8.25. The molecule has 0 aromatic heterocycles. The van der Waals surface area contributed by atoms with Crippen LogP contribution >= 0.6 is 0 Å². The van der Waals surface area contributed by atoms with Gasteiger partial charge in [0, 0.05) is 13.1 Å². The van der Waals surface area contributed by atoms with E-state index in [-0.39, 0.29) is 24.9 Å². The lowest BCUT2D eigenvalue weighted by Gasteiger charge is -2.34. The molecular weight excluding hydrogens is 408 g/mol. The maximum atomic E-state index is 12.7. The fourth-order valence-electron chi connectivity index (χ4n) is 3.86. The molecule has 0 radical (unpaired) electrons. The summed E-state index contributed by atoms with van der Waals surface area (Å²) in [5.74, 6) is 0.00936. The molecule has 1 heterocycles.